The number of hydrogen-bond donors (Lipinski definition) is 3. The molecule has 1 aliphatic carbocycles. The van der Waals surface area contributed by atoms with E-state index in [1.54, 1.807) is 11.4 Å². The first-order valence-electron chi connectivity index (χ1n) is 7.36. The van der Waals surface area contributed by atoms with Crippen molar-refractivity contribution in [1.82, 2.24) is 0 Å². The summed E-state index contributed by atoms with van der Waals surface area (Å²) in [7, 11) is -3.74. The molecule has 25 heavy (non-hydrogen) atoms. The minimum Gasteiger partial charge on any atom is -0.506 e. The molecule has 0 aliphatic heterocycles. The lowest BCUT2D eigenvalue weighted by Crippen LogP contribution is -2.32. The predicted octanol–water partition coefficient (Wildman–Crippen LogP) is 1.79. The first kappa shape index (κ1) is 17.8. The van der Waals surface area contributed by atoms with Gasteiger partial charge in [-0.2, -0.15) is 0 Å². The molecule has 0 radical (unpaired) electrons. The Bertz CT molecular complexity index is 1030. The molecule has 3 N–H and O–H groups in total. The van der Waals surface area contributed by atoms with Crippen LogP contribution in [0.5, 0.6) is 5.75 Å². The maximum Gasteiger partial charge on any atom is 0.313 e. The second kappa shape index (κ2) is 7.11. The average Bonchev–Trinajstić information content (AvgIpc) is 3.11. The summed E-state index contributed by atoms with van der Waals surface area (Å²) in [6.07, 6.45) is 5.16. The van der Waals surface area contributed by atoms with Crippen LogP contribution in [0.2, 0.25) is 0 Å². The second-order valence-corrected chi connectivity index (χ2v) is 9.18. The van der Waals surface area contributed by atoms with Crippen LogP contribution < -0.4 is 15.2 Å². The number of aliphatic carboxylic acids is 1. The van der Waals surface area contributed by atoms with Crippen molar-refractivity contribution < 1.29 is 23.4 Å². The fourth-order valence-corrected chi connectivity index (χ4v) is 5.30. The summed E-state index contributed by atoms with van der Waals surface area (Å²) in [5.74, 6) is -1.26. The van der Waals surface area contributed by atoms with E-state index in [0.717, 1.165) is 35.9 Å². The van der Waals surface area contributed by atoms with Gasteiger partial charge in [0.05, 0.1) is 16.3 Å². The van der Waals surface area contributed by atoms with Gasteiger partial charge >= 0.3 is 5.97 Å². The molecule has 1 aliphatic rings. The van der Waals surface area contributed by atoms with Crippen LogP contribution in [-0.4, -0.2) is 30.4 Å². The molecule has 0 unspecified atom stereocenters. The summed E-state index contributed by atoms with van der Waals surface area (Å²) in [6, 6.07) is 4.65. The van der Waals surface area contributed by atoms with Crippen molar-refractivity contribution in [2.75, 3.05) is 10.5 Å². The number of hydrogen-bond acceptors (Lipinski definition) is 6. The Balaban J connectivity index is 2.10. The zero-order valence-electron chi connectivity index (χ0n) is 12.9. The van der Waals surface area contributed by atoms with Crippen LogP contribution in [0.25, 0.3) is 12.2 Å². The molecule has 3 rings (SSSR count). The highest BCUT2D eigenvalue weighted by atomic mass is 32.2. The van der Waals surface area contributed by atoms with Gasteiger partial charge in [0, 0.05) is 10.4 Å². The lowest BCUT2D eigenvalue weighted by atomic mass is 10.1. The monoisotopic (exact) mass is 397 g/mol. The van der Waals surface area contributed by atoms with Gasteiger partial charge in [0.15, 0.2) is 0 Å². The molecule has 1 aromatic carbocycles. The van der Waals surface area contributed by atoms with Gasteiger partial charge in [-0.05, 0) is 30.4 Å². The van der Waals surface area contributed by atoms with E-state index in [0.29, 0.717) is 21.0 Å². The quantitative estimate of drug-likeness (QED) is 0.507. The Morgan fingerprint density at radius 2 is 2.00 bits per heavy atom. The van der Waals surface area contributed by atoms with Crippen LogP contribution in [0.1, 0.15) is 12.8 Å². The van der Waals surface area contributed by atoms with E-state index < -0.39 is 16.0 Å². The number of phenolic OH excluding ortho intramolecular Hbond substituents is 1. The van der Waals surface area contributed by atoms with Crippen molar-refractivity contribution >= 4 is 56.9 Å². The van der Waals surface area contributed by atoms with Gasteiger partial charge in [-0.25, -0.2) is 8.42 Å². The Morgan fingerprint density at radius 1 is 1.28 bits per heavy atom. The fourth-order valence-electron chi connectivity index (χ4n) is 2.51. The molecule has 0 spiro atoms. The number of benzene rings is 1. The third-order valence-electron chi connectivity index (χ3n) is 3.56. The van der Waals surface area contributed by atoms with Gasteiger partial charge in [-0.3, -0.25) is 9.52 Å². The van der Waals surface area contributed by atoms with Crippen LogP contribution in [0.3, 0.4) is 0 Å². The highest BCUT2D eigenvalue weighted by Crippen LogP contribution is 2.28. The van der Waals surface area contributed by atoms with E-state index in [2.05, 4.69) is 4.72 Å². The van der Waals surface area contributed by atoms with Gasteiger partial charge in [0.2, 0.25) is 0 Å². The minimum absolute atomic E-state index is 0.0173. The van der Waals surface area contributed by atoms with E-state index in [-0.39, 0.29) is 15.7 Å². The first-order chi connectivity index (χ1) is 11.9. The molecule has 132 valence electrons. The van der Waals surface area contributed by atoms with Gasteiger partial charge < -0.3 is 10.2 Å². The number of thiophene rings is 1. The molecule has 0 atom stereocenters. The van der Waals surface area contributed by atoms with Crippen LogP contribution in [0.4, 0.5) is 5.69 Å². The molecule has 1 heterocycles. The third-order valence-corrected chi connectivity index (χ3v) is 7.34. The number of anilines is 1. The standard InChI is InChI=1S/C16H15NO5S3/c18-14(19)9-24-13-8-12(10-4-1-2-5-11(10)16(13)20)17-25(21,22)15-6-3-7-23-15/h3-8,17,20H,1-2,9H2,(H,18,19). The van der Waals surface area contributed by atoms with Crippen molar-refractivity contribution in [3.63, 3.8) is 0 Å². The van der Waals surface area contributed by atoms with Gasteiger partial charge in [0.1, 0.15) is 9.96 Å². The topological polar surface area (TPSA) is 104 Å². The Morgan fingerprint density at radius 3 is 2.64 bits per heavy atom. The number of carboxylic acid groups (broad SMARTS) is 1. The number of fused-ring (bicyclic) bond motifs is 1. The van der Waals surface area contributed by atoms with Gasteiger partial charge in [-0.15, -0.1) is 23.1 Å². The van der Waals surface area contributed by atoms with Crippen molar-refractivity contribution in [2.45, 2.75) is 21.9 Å². The van der Waals surface area contributed by atoms with E-state index >= 15 is 0 Å². The molecular formula is C16H15NO5S3. The smallest absolute Gasteiger partial charge is 0.313 e. The number of nitrogens with one attached hydrogen (secondary N) is 1. The number of carboxylic acids is 1. The van der Waals surface area contributed by atoms with Crippen LogP contribution in [0.15, 0.2) is 32.7 Å². The highest BCUT2D eigenvalue weighted by Gasteiger charge is 2.19. The van der Waals surface area contributed by atoms with Crippen molar-refractivity contribution in [3.05, 3.63) is 34.0 Å². The molecule has 6 nitrogen and oxygen atoms in total. The van der Waals surface area contributed by atoms with Crippen LogP contribution in [0, 0.1) is 0 Å². The molecule has 2 aromatic rings. The van der Waals surface area contributed by atoms with Crippen molar-refractivity contribution in [3.8, 4) is 5.75 Å². The summed E-state index contributed by atoms with van der Waals surface area (Å²) in [5.41, 5.74) is 0.338. The summed E-state index contributed by atoms with van der Waals surface area (Å²) in [5, 5.41) is 22.1. The largest absolute Gasteiger partial charge is 0.506 e. The minimum atomic E-state index is -3.74. The van der Waals surface area contributed by atoms with Gasteiger partial charge in [0.25, 0.3) is 10.0 Å². The lowest BCUT2D eigenvalue weighted by Gasteiger charge is -2.14. The number of thioether (sulfide) groups is 1. The number of rotatable bonds is 6. The molecule has 0 amide bonds. The number of carbonyl (C=O) groups is 1. The summed E-state index contributed by atoms with van der Waals surface area (Å²) in [6.45, 7) is 0. The number of aromatic hydroxyl groups is 1. The maximum absolute atomic E-state index is 12.5. The molecule has 1 aromatic heterocycles. The predicted molar refractivity (Wildman–Crippen MR) is 99.0 cm³/mol. The van der Waals surface area contributed by atoms with Crippen LogP contribution >= 0.6 is 23.1 Å². The normalized spacial score (nSPS) is 13.4. The van der Waals surface area contributed by atoms with Crippen LogP contribution in [-0.2, 0) is 14.8 Å². The second-order valence-electron chi connectivity index (χ2n) is 5.30. The lowest BCUT2D eigenvalue weighted by molar-refractivity contribution is -0.133. The van der Waals surface area contributed by atoms with Gasteiger partial charge in [-0.1, -0.05) is 18.2 Å². The summed E-state index contributed by atoms with van der Waals surface area (Å²) >= 11 is 2.06. The molecule has 0 saturated carbocycles. The van der Waals surface area contributed by atoms with E-state index in [1.807, 2.05) is 12.2 Å². The average molecular weight is 397 g/mol. The molecule has 0 saturated heterocycles. The van der Waals surface area contributed by atoms with Crippen molar-refractivity contribution in [2.24, 2.45) is 0 Å². The molecule has 0 bridgehead atoms. The highest BCUT2D eigenvalue weighted by molar-refractivity contribution is 8.00. The number of phenols is 1. The van der Waals surface area contributed by atoms with E-state index in [9.17, 15) is 18.3 Å². The Hall–Kier alpha value is -1.97. The first-order valence-corrected chi connectivity index (χ1v) is 10.7. The van der Waals surface area contributed by atoms with Crippen molar-refractivity contribution in [1.29, 1.82) is 0 Å². The third kappa shape index (κ3) is 3.83. The molecular weight excluding hydrogens is 382 g/mol. The summed E-state index contributed by atoms with van der Waals surface area (Å²) < 4.78 is 27.8. The summed E-state index contributed by atoms with van der Waals surface area (Å²) in [4.78, 5) is 11.1. The molecule has 0 fully saturated rings. The SMILES string of the molecule is O=C(O)CSc1cc(NS(=O)(=O)c2cccs2)c2c(c1O)=CCCC=2. The van der Waals surface area contributed by atoms with E-state index in [4.69, 9.17) is 5.11 Å². The fraction of sp³-hybridized carbons (Fsp3) is 0.188. The Kier molecular flexibility index (Phi) is 5.07. The zero-order chi connectivity index (χ0) is 18.0. The number of sulfonamides is 1. The zero-order valence-corrected chi connectivity index (χ0v) is 15.4. The maximum atomic E-state index is 12.5. The molecule has 9 heteroatoms. The Labute approximate surface area is 152 Å². The van der Waals surface area contributed by atoms with E-state index in [1.165, 1.54) is 12.1 Å².